The molecule has 0 aromatic heterocycles. The zero-order chi connectivity index (χ0) is 14.4. The van der Waals surface area contributed by atoms with Crippen LogP contribution in [-0.2, 0) is 18.1 Å². The van der Waals surface area contributed by atoms with Crippen LogP contribution in [0.3, 0.4) is 0 Å². The van der Waals surface area contributed by atoms with Gasteiger partial charge in [-0.3, -0.25) is 9.05 Å². The van der Waals surface area contributed by atoms with Gasteiger partial charge >= 0.3 is 7.82 Å². The van der Waals surface area contributed by atoms with Crippen molar-refractivity contribution in [1.29, 1.82) is 10.5 Å². The first-order chi connectivity index (χ1) is 8.20. The van der Waals surface area contributed by atoms with Crippen molar-refractivity contribution in [2.75, 3.05) is 13.2 Å². The van der Waals surface area contributed by atoms with Gasteiger partial charge < -0.3 is 0 Å². The Kier molecular flexibility index (Phi) is 5.99. The highest BCUT2D eigenvalue weighted by atomic mass is 31.2. The molecule has 0 aliphatic heterocycles. The van der Waals surface area contributed by atoms with Crippen molar-refractivity contribution < 1.29 is 18.1 Å². The van der Waals surface area contributed by atoms with Gasteiger partial charge in [-0.05, 0) is 13.8 Å². The van der Waals surface area contributed by atoms with Crippen LogP contribution in [0.5, 0.6) is 0 Å². The molecule has 0 amide bonds. The number of nitriles is 2. The summed E-state index contributed by atoms with van der Waals surface area (Å²) in [6, 6.07) is 3.52. The van der Waals surface area contributed by atoms with E-state index in [2.05, 4.69) is 0 Å². The molecule has 102 valence electrons. The second kappa shape index (κ2) is 6.31. The van der Waals surface area contributed by atoms with Gasteiger partial charge in [0.15, 0.2) is 0 Å². The standard InChI is InChI=1S/C11H19N2O4P/c1-6-15-18(14,16-7-2)17-11(8-12,9-13)10(3,4)5/h6-7H2,1-5H3. The van der Waals surface area contributed by atoms with E-state index >= 15 is 0 Å². The molecule has 0 N–H and O–H groups in total. The molecule has 0 radical (unpaired) electrons. The molecular formula is C11H19N2O4P. The van der Waals surface area contributed by atoms with E-state index in [1.54, 1.807) is 46.8 Å². The first-order valence-corrected chi connectivity index (χ1v) is 7.08. The average Bonchev–Trinajstić information content (AvgIpc) is 2.25. The van der Waals surface area contributed by atoms with Gasteiger partial charge in [-0.2, -0.15) is 10.5 Å². The van der Waals surface area contributed by atoms with Crippen molar-refractivity contribution in [1.82, 2.24) is 0 Å². The molecule has 0 aliphatic rings. The minimum absolute atomic E-state index is 0.0916. The van der Waals surface area contributed by atoms with E-state index in [-0.39, 0.29) is 13.2 Å². The van der Waals surface area contributed by atoms with Crippen LogP contribution >= 0.6 is 7.82 Å². The zero-order valence-corrected chi connectivity index (χ0v) is 12.3. The predicted molar refractivity (Wildman–Crippen MR) is 65.4 cm³/mol. The lowest BCUT2D eigenvalue weighted by atomic mass is 9.78. The van der Waals surface area contributed by atoms with E-state index in [0.29, 0.717) is 0 Å². The van der Waals surface area contributed by atoms with Crippen molar-refractivity contribution in [3.63, 3.8) is 0 Å². The first-order valence-electron chi connectivity index (χ1n) is 5.62. The molecule has 0 aliphatic carbocycles. The van der Waals surface area contributed by atoms with Crippen LogP contribution in [0.4, 0.5) is 0 Å². The molecule has 0 saturated heterocycles. The summed E-state index contributed by atoms with van der Waals surface area (Å²) >= 11 is 0. The molecule has 18 heavy (non-hydrogen) atoms. The third kappa shape index (κ3) is 3.80. The Hall–Kier alpha value is -0.910. The second-order valence-electron chi connectivity index (χ2n) is 4.53. The lowest BCUT2D eigenvalue weighted by Gasteiger charge is -2.34. The first kappa shape index (κ1) is 17.1. The largest absolute Gasteiger partial charge is 0.477 e. The van der Waals surface area contributed by atoms with Crippen molar-refractivity contribution >= 4 is 7.82 Å². The number of hydrogen-bond donors (Lipinski definition) is 0. The summed E-state index contributed by atoms with van der Waals surface area (Å²) < 4.78 is 27.2. The van der Waals surface area contributed by atoms with Gasteiger partial charge in [0.2, 0.25) is 0 Å². The van der Waals surface area contributed by atoms with Crippen LogP contribution < -0.4 is 0 Å². The summed E-state index contributed by atoms with van der Waals surface area (Å²) in [4.78, 5) is 0. The monoisotopic (exact) mass is 274 g/mol. The van der Waals surface area contributed by atoms with Crippen LogP contribution in [-0.4, -0.2) is 18.8 Å². The highest BCUT2D eigenvalue weighted by molar-refractivity contribution is 7.48. The molecule has 0 atom stereocenters. The topological polar surface area (TPSA) is 92.3 Å². The molecule has 0 heterocycles. The summed E-state index contributed by atoms with van der Waals surface area (Å²) in [7, 11) is -3.92. The minimum Gasteiger partial charge on any atom is -0.287 e. The van der Waals surface area contributed by atoms with Crippen LogP contribution in [0.1, 0.15) is 34.6 Å². The fourth-order valence-corrected chi connectivity index (χ4v) is 2.62. The van der Waals surface area contributed by atoms with E-state index in [9.17, 15) is 15.1 Å². The van der Waals surface area contributed by atoms with Crippen molar-refractivity contribution in [3.05, 3.63) is 0 Å². The van der Waals surface area contributed by atoms with Crippen molar-refractivity contribution in [2.45, 2.75) is 40.2 Å². The van der Waals surface area contributed by atoms with Gasteiger partial charge in [-0.15, -0.1) is 0 Å². The summed E-state index contributed by atoms with van der Waals surface area (Å²) in [5, 5.41) is 18.4. The maximum absolute atomic E-state index is 12.2. The number of phosphoric acid groups is 1. The molecule has 0 rings (SSSR count). The molecule has 0 fully saturated rings. The molecule has 0 unspecified atom stereocenters. The van der Waals surface area contributed by atoms with Gasteiger partial charge in [-0.1, -0.05) is 20.8 Å². The number of nitrogens with zero attached hydrogens (tertiary/aromatic N) is 2. The van der Waals surface area contributed by atoms with Crippen LogP contribution in [0, 0.1) is 28.1 Å². The van der Waals surface area contributed by atoms with Gasteiger partial charge in [0.1, 0.15) is 12.1 Å². The lowest BCUT2D eigenvalue weighted by Crippen LogP contribution is -2.42. The van der Waals surface area contributed by atoms with Gasteiger partial charge in [0.25, 0.3) is 5.60 Å². The maximum Gasteiger partial charge on any atom is 0.477 e. The lowest BCUT2D eigenvalue weighted by molar-refractivity contribution is 0.0162. The third-order valence-corrected chi connectivity index (χ3v) is 3.84. The Morgan fingerprint density at radius 3 is 1.67 bits per heavy atom. The number of rotatable bonds is 6. The van der Waals surface area contributed by atoms with E-state index in [4.69, 9.17) is 13.6 Å². The van der Waals surface area contributed by atoms with E-state index in [1.165, 1.54) is 0 Å². The van der Waals surface area contributed by atoms with Crippen LogP contribution in [0.2, 0.25) is 0 Å². The summed E-state index contributed by atoms with van der Waals surface area (Å²) in [6.45, 7) is 8.34. The van der Waals surface area contributed by atoms with E-state index in [0.717, 1.165) is 0 Å². The molecule has 0 aromatic carbocycles. The van der Waals surface area contributed by atoms with Crippen LogP contribution in [0.15, 0.2) is 0 Å². The summed E-state index contributed by atoms with van der Waals surface area (Å²) in [6.07, 6.45) is 0. The van der Waals surface area contributed by atoms with E-state index < -0.39 is 18.8 Å². The van der Waals surface area contributed by atoms with Crippen LogP contribution in [0.25, 0.3) is 0 Å². The molecule has 0 saturated carbocycles. The Bertz CT molecular complexity index is 379. The minimum atomic E-state index is -3.92. The molecule has 6 nitrogen and oxygen atoms in total. The smallest absolute Gasteiger partial charge is 0.287 e. The third-order valence-electron chi connectivity index (χ3n) is 2.19. The fraction of sp³-hybridized carbons (Fsp3) is 0.818. The SMILES string of the molecule is CCOP(=O)(OCC)OC(C#N)(C#N)C(C)(C)C. The fourth-order valence-electron chi connectivity index (χ4n) is 1.11. The van der Waals surface area contributed by atoms with Gasteiger partial charge in [0, 0.05) is 5.41 Å². The van der Waals surface area contributed by atoms with E-state index in [1.807, 2.05) is 0 Å². The Balaban J connectivity index is 5.41. The van der Waals surface area contributed by atoms with Crippen molar-refractivity contribution in [3.8, 4) is 12.1 Å². The second-order valence-corrected chi connectivity index (χ2v) is 6.12. The number of phosphoric ester groups is 1. The molecule has 0 spiro atoms. The highest BCUT2D eigenvalue weighted by Gasteiger charge is 2.50. The Labute approximate surface area is 108 Å². The predicted octanol–water partition coefficient (Wildman–Crippen LogP) is 3.02. The Morgan fingerprint density at radius 1 is 1.06 bits per heavy atom. The maximum atomic E-state index is 12.2. The zero-order valence-electron chi connectivity index (χ0n) is 11.4. The van der Waals surface area contributed by atoms with Gasteiger partial charge in [-0.25, -0.2) is 9.09 Å². The highest BCUT2D eigenvalue weighted by Crippen LogP contribution is 2.55. The van der Waals surface area contributed by atoms with Gasteiger partial charge in [0.05, 0.1) is 13.2 Å². The average molecular weight is 274 g/mol. The van der Waals surface area contributed by atoms with Crippen molar-refractivity contribution in [2.24, 2.45) is 5.41 Å². The molecular weight excluding hydrogens is 255 g/mol. The summed E-state index contributed by atoms with van der Waals surface area (Å²) in [5.74, 6) is 0. The number of hydrogen-bond acceptors (Lipinski definition) is 6. The molecule has 0 aromatic rings. The molecule has 7 heteroatoms. The normalized spacial score (nSPS) is 12.8. The quantitative estimate of drug-likeness (QED) is 0.691. The summed E-state index contributed by atoms with van der Waals surface area (Å²) in [5.41, 5.74) is -2.76. The molecule has 0 bridgehead atoms. The Morgan fingerprint density at radius 2 is 1.44 bits per heavy atom.